The Kier molecular flexibility index (Phi) is 6.58. The molecule has 0 atom stereocenters. The number of hydrogen-bond acceptors (Lipinski definition) is 6. The zero-order chi connectivity index (χ0) is 28.1. The molecule has 39 heavy (non-hydrogen) atoms. The highest BCUT2D eigenvalue weighted by molar-refractivity contribution is 6.07. The van der Waals surface area contributed by atoms with E-state index in [-0.39, 0.29) is 65.6 Å². The van der Waals surface area contributed by atoms with Crippen LogP contribution in [0.5, 0.6) is 0 Å². The van der Waals surface area contributed by atoms with Gasteiger partial charge in [0.2, 0.25) is 5.43 Å². The maximum atomic E-state index is 15.8. The first-order chi connectivity index (χ1) is 18.4. The normalized spacial score (nSPS) is 15.6. The van der Waals surface area contributed by atoms with Gasteiger partial charge in [0.15, 0.2) is 5.82 Å². The van der Waals surface area contributed by atoms with Crippen molar-refractivity contribution >= 4 is 33.5 Å². The molecular weight excluding hydrogens is 518 g/mol. The number of anilines is 1. The van der Waals surface area contributed by atoms with E-state index < -0.39 is 34.6 Å². The number of pyridine rings is 2. The Morgan fingerprint density at radius 3 is 2.56 bits per heavy atom. The molecule has 0 spiro atoms. The maximum Gasteiger partial charge on any atom is 0.416 e. The van der Waals surface area contributed by atoms with Crippen molar-refractivity contribution in [2.24, 2.45) is 7.05 Å². The molecular formula is C28H25F4N3O4. The Hall–Kier alpha value is -3.99. The summed E-state index contributed by atoms with van der Waals surface area (Å²) in [6, 6.07) is 7.69. The number of aromatic nitrogens is 2. The quantitative estimate of drug-likeness (QED) is 0.224. The van der Waals surface area contributed by atoms with Gasteiger partial charge in [-0.2, -0.15) is 13.2 Å². The average Bonchev–Trinajstić information content (AvgIpc) is 2.91. The summed E-state index contributed by atoms with van der Waals surface area (Å²) in [4.78, 5) is 31.5. The number of carbonyl (C=O) groups is 1. The molecule has 1 N–H and O–H groups in total. The molecule has 11 heteroatoms. The first-order valence-corrected chi connectivity index (χ1v) is 12.4. The van der Waals surface area contributed by atoms with Crippen LogP contribution in [0.1, 0.15) is 41.3 Å². The van der Waals surface area contributed by atoms with E-state index in [0.717, 1.165) is 12.1 Å². The van der Waals surface area contributed by atoms with Gasteiger partial charge in [-0.25, -0.2) is 9.18 Å². The van der Waals surface area contributed by atoms with Gasteiger partial charge >= 0.3 is 12.1 Å². The average molecular weight is 544 g/mol. The number of esters is 1. The molecule has 0 aliphatic carbocycles. The van der Waals surface area contributed by atoms with Crippen LogP contribution in [0.15, 0.2) is 53.6 Å². The molecule has 2 aromatic heterocycles. The first-order valence-electron chi connectivity index (χ1n) is 12.4. The molecule has 204 valence electrons. The predicted molar refractivity (Wildman–Crippen MR) is 137 cm³/mol. The standard InChI is InChI=1S/C28H25F4N3O4/c1-3-39-26(37)19-15-34(2)21-14-33-24-18(22(21)25(19)36)7-8-20(23(24)29)35-11-9-27(38,10-12-35)16-5-4-6-17(13-16)28(30,31)32/h4-8,13-15,38H,3,9-12H2,1-2H3. The van der Waals surface area contributed by atoms with Crippen LogP contribution >= 0.6 is 0 Å². The molecule has 5 rings (SSSR count). The number of benzene rings is 2. The maximum absolute atomic E-state index is 15.8. The van der Waals surface area contributed by atoms with Crippen molar-refractivity contribution in [3.63, 3.8) is 0 Å². The summed E-state index contributed by atoms with van der Waals surface area (Å²) in [6.45, 7) is 2.07. The van der Waals surface area contributed by atoms with Gasteiger partial charge in [0.05, 0.1) is 40.6 Å². The van der Waals surface area contributed by atoms with E-state index in [1.807, 2.05) is 0 Å². The number of fused-ring (bicyclic) bond motifs is 3. The lowest BCUT2D eigenvalue weighted by Crippen LogP contribution is -2.43. The Balaban J connectivity index is 1.49. The number of halogens is 4. The second-order valence-corrected chi connectivity index (χ2v) is 9.61. The second kappa shape index (κ2) is 9.64. The van der Waals surface area contributed by atoms with Crippen LogP contribution in [-0.2, 0) is 23.6 Å². The van der Waals surface area contributed by atoms with E-state index in [4.69, 9.17) is 4.74 Å². The summed E-state index contributed by atoms with van der Waals surface area (Å²) in [5, 5.41) is 11.5. The number of alkyl halides is 3. The minimum Gasteiger partial charge on any atom is -0.462 e. The van der Waals surface area contributed by atoms with Gasteiger partial charge in [-0.3, -0.25) is 9.78 Å². The number of ether oxygens (including phenoxy) is 1. The van der Waals surface area contributed by atoms with E-state index in [1.165, 1.54) is 30.6 Å². The van der Waals surface area contributed by atoms with Gasteiger partial charge in [0, 0.05) is 31.7 Å². The molecule has 0 unspecified atom stereocenters. The number of aryl methyl sites for hydroxylation is 1. The molecule has 1 saturated heterocycles. The number of carbonyl (C=O) groups excluding carboxylic acids is 1. The van der Waals surface area contributed by atoms with Crippen LogP contribution < -0.4 is 10.3 Å². The van der Waals surface area contributed by atoms with Gasteiger partial charge in [0.1, 0.15) is 11.1 Å². The third-order valence-corrected chi connectivity index (χ3v) is 7.27. The van der Waals surface area contributed by atoms with E-state index in [0.29, 0.717) is 5.52 Å². The lowest BCUT2D eigenvalue weighted by atomic mass is 9.83. The van der Waals surface area contributed by atoms with Crippen LogP contribution in [0.2, 0.25) is 0 Å². The summed E-state index contributed by atoms with van der Waals surface area (Å²) < 4.78 is 61.9. The minimum atomic E-state index is -4.53. The molecule has 1 aliphatic rings. The number of hydrogen-bond donors (Lipinski definition) is 1. The Morgan fingerprint density at radius 2 is 1.90 bits per heavy atom. The van der Waals surface area contributed by atoms with E-state index >= 15 is 4.39 Å². The molecule has 0 saturated carbocycles. The van der Waals surface area contributed by atoms with Crippen molar-refractivity contribution in [1.29, 1.82) is 0 Å². The lowest BCUT2D eigenvalue weighted by Gasteiger charge is -2.40. The van der Waals surface area contributed by atoms with Crippen LogP contribution in [0.3, 0.4) is 0 Å². The van der Waals surface area contributed by atoms with Gasteiger partial charge in [0.25, 0.3) is 0 Å². The van der Waals surface area contributed by atoms with Crippen molar-refractivity contribution in [2.75, 3.05) is 24.6 Å². The number of piperidine rings is 1. The Bertz CT molecular complexity index is 1660. The summed E-state index contributed by atoms with van der Waals surface area (Å²) in [6.07, 6.45) is -1.64. The van der Waals surface area contributed by atoms with Gasteiger partial charge in [-0.1, -0.05) is 12.1 Å². The van der Waals surface area contributed by atoms with Crippen molar-refractivity contribution in [3.8, 4) is 0 Å². The second-order valence-electron chi connectivity index (χ2n) is 9.61. The minimum absolute atomic E-state index is 0.0585. The summed E-state index contributed by atoms with van der Waals surface area (Å²) in [7, 11) is 1.64. The van der Waals surface area contributed by atoms with Gasteiger partial charge < -0.3 is 19.3 Å². The van der Waals surface area contributed by atoms with Crippen LogP contribution in [0.25, 0.3) is 21.8 Å². The zero-order valence-electron chi connectivity index (χ0n) is 21.2. The van der Waals surface area contributed by atoms with E-state index in [1.54, 1.807) is 29.5 Å². The van der Waals surface area contributed by atoms with E-state index in [9.17, 15) is 27.9 Å². The third kappa shape index (κ3) is 4.60. The van der Waals surface area contributed by atoms with E-state index in [2.05, 4.69) is 4.98 Å². The van der Waals surface area contributed by atoms with Gasteiger partial charge in [-0.05, 0) is 49.6 Å². The van der Waals surface area contributed by atoms with Crippen molar-refractivity contribution in [2.45, 2.75) is 31.5 Å². The number of rotatable bonds is 4. The van der Waals surface area contributed by atoms with Crippen LogP contribution in [-0.4, -0.2) is 40.3 Å². The van der Waals surface area contributed by atoms with Crippen LogP contribution in [0, 0.1) is 5.82 Å². The third-order valence-electron chi connectivity index (χ3n) is 7.27. The monoisotopic (exact) mass is 543 g/mol. The molecule has 0 radical (unpaired) electrons. The highest BCUT2D eigenvalue weighted by Gasteiger charge is 2.37. The fourth-order valence-electron chi connectivity index (χ4n) is 5.16. The molecule has 2 aromatic carbocycles. The molecule has 1 fully saturated rings. The summed E-state index contributed by atoms with van der Waals surface area (Å²) in [5.41, 5.74) is -2.38. The Labute approximate surface area is 220 Å². The number of aliphatic hydroxyl groups is 1. The molecule has 4 aromatic rings. The smallest absolute Gasteiger partial charge is 0.416 e. The largest absolute Gasteiger partial charge is 0.462 e. The summed E-state index contributed by atoms with van der Waals surface area (Å²) in [5.74, 6) is -1.45. The summed E-state index contributed by atoms with van der Waals surface area (Å²) >= 11 is 0. The highest BCUT2D eigenvalue weighted by Crippen LogP contribution is 2.39. The molecule has 0 amide bonds. The first kappa shape index (κ1) is 26.6. The molecule has 3 heterocycles. The molecule has 1 aliphatic heterocycles. The topological polar surface area (TPSA) is 84.7 Å². The number of nitrogens with zero attached hydrogens (tertiary/aromatic N) is 3. The lowest BCUT2D eigenvalue weighted by molar-refractivity contribution is -0.137. The zero-order valence-corrected chi connectivity index (χ0v) is 21.2. The molecule has 0 bridgehead atoms. The predicted octanol–water partition coefficient (Wildman–Crippen LogP) is 4.91. The van der Waals surface area contributed by atoms with Crippen LogP contribution in [0.4, 0.5) is 23.2 Å². The van der Waals surface area contributed by atoms with Crippen molar-refractivity contribution in [1.82, 2.24) is 9.55 Å². The fourth-order valence-corrected chi connectivity index (χ4v) is 5.16. The SMILES string of the molecule is CCOC(=O)c1cn(C)c2cnc3c(F)c(N4CCC(O)(c5cccc(C(F)(F)F)c5)CC4)ccc3c2c1=O. The molecule has 7 nitrogen and oxygen atoms in total. The fraction of sp³-hybridized carbons (Fsp3) is 0.321. The highest BCUT2D eigenvalue weighted by atomic mass is 19.4. The van der Waals surface area contributed by atoms with Gasteiger partial charge in [-0.15, -0.1) is 0 Å². The van der Waals surface area contributed by atoms with Crippen molar-refractivity contribution in [3.05, 3.63) is 81.5 Å². The van der Waals surface area contributed by atoms with Crippen molar-refractivity contribution < 1.29 is 32.2 Å². The Morgan fingerprint density at radius 1 is 1.18 bits per heavy atom.